The van der Waals surface area contributed by atoms with Crippen molar-refractivity contribution in [3.8, 4) is 0 Å². The third-order valence-corrected chi connectivity index (χ3v) is 2.13. The molecule has 0 amide bonds. The van der Waals surface area contributed by atoms with Crippen molar-refractivity contribution in [1.82, 2.24) is 0 Å². The number of rotatable bonds is 6. The molecule has 0 radical (unpaired) electrons. The highest BCUT2D eigenvalue weighted by atomic mass is 16.5. The molecule has 4 heteroatoms. The Kier molecular flexibility index (Phi) is 4.79. The van der Waals surface area contributed by atoms with Crippen LogP contribution in [-0.2, 0) is 4.74 Å². The highest BCUT2D eigenvalue weighted by Gasteiger charge is 2.10. The van der Waals surface area contributed by atoms with E-state index in [9.17, 15) is 4.79 Å². The van der Waals surface area contributed by atoms with Gasteiger partial charge >= 0.3 is 5.97 Å². The zero-order valence-electron chi connectivity index (χ0n) is 9.56. The SMILES string of the molecule is CCOCC(C)Nc1ccccc1C(=O)O. The van der Waals surface area contributed by atoms with Crippen molar-refractivity contribution in [3.05, 3.63) is 29.8 Å². The van der Waals surface area contributed by atoms with Gasteiger partial charge in [0.15, 0.2) is 0 Å². The molecule has 1 unspecified atom stereocenters. The Labute approximate surface area is 95.2 Å². The Morgan fingerprint density at radius 2 is 2.19 bits per heavy atom. The van der Waals surface area contributed by atoms with E-state index in [2.05, 4.69) is 5.32 Å². The first-order valence-corrected chi connectivity index (χ1v) is 5.31. The number of hydrogen-bond acceptors (Lipinski definition) is 3. The molecule has 0 aliphatic carbocycles. The molecule has 0 aliphatic rings. The summed E-state index contributed by atoms with van der Waals surface area (Å²) in [5, 5.41) is 12.1. The second-order valence-corrected chi connectivity index (χ2v) is 3.56. The predicted octanol–water partition coefficient (Wildman–Crippen LogP) is 2.22. The smallest absolute Gasteiger partial charge is 0.337 e. The summed E-state index contributed by atoms with van der Waals surface area (Å²) in [5.41, 5.74) is 0.910. The van der Waals surface area contributed by atoms with Gasteiger partial charge < -0.3 is 15.2 Å². The first kappa shape index (κ1) is 12.5. The van der Waals surface area contributed by atoms with E-state index in [0.29, 0.717) is 18.9 Å². The van der Waals surface area contributed by atoms with Crippen LogP contribution >= 0.6 is 0 Å². The fourth-order valence-electron chi connectivity index (χ4n) is 1.40. The van der Waals surface area contributed by atoms with Crippen LogP contribution in [0.4, 0.5) is 5.69 Å². The van der Waals surface area contributed by atoms with Crippen LogP contribution in [0.15, 0.2) is 24.3 Å². The average molecular weight is 223 g/mol. The van der Waals surface area contributed by atoms with Gasteiger partial charge in [-0.05, 0) is 26.0 Å². The maximum absolute atomic E-state index is 10.9. The lowest BCUT2D eigenvalue weighted by Crippen LogP contribution is -2.23. The molecular weight excluding hydrogens is 206 g/mol. The number of carboxylic acids is 1. The minimum Gasteiger partial charge on any atom is -0.478 e. The number of nitrogens with one attached hydrogen (secondary N) is 1. The van der Waals surface area contributed by atoms with Crippen LogP contribution in [0.2, 0.25) is 0 Å². The normalized spacial score (nSPS) is 12.1. The Morgan fingerprint density at radius 1 is 1.50 bits per heavy atom. The topological polar surface area (TPSA) is 58.6 Å². The van der Waals surface area contributed by atoms with Crippen LogP contribution in [0.1, 0.15) is 24.2 Å². The molecule has 16 heavy (non-hydrogen) atoms. The number of carboxylic acid groups (broad SMARTS) is 1. The van der Waals surface area contributed by atoms with Gasteiger partial charge in [-0.15, -0.1) is 0 Å². The molecule has 0 saturated heterocycles. The Balaban J connectivity index is 2.69. The standard InChI is InChI=1S/C12H17NO3/c1-3-16-8-9(2)13-11-7-5-4-6-10(11)12(14)15/h4-7,9,13H,3,8H2,1-2H3,(H,14,15). The monoisotopic (exact) mass is 223 g/mol. The molecule has 2 N–H and O–H groups in total. The molecule has 4 nitrogen and oxygen atoms in total. The fraction of sp³-hybridized carbons (Fsp3) is 0.417. The third-order valence-electron chi connectivity index (χ3n) is 2.13. The Bertz CT molecular complexity index is 352. The maximum atomic E-state index is 10.9. The summed E-state index contributed by atoms with van der Waals surface area (Å²) in [6.45, 7) is 5.10. The van der Waals surface area contributed by atoms with Crippen LogP contribution < -0.4 is 5.32 Å². The molecule has 1 aromatic carbocycles. The van der Waals surface area contributed by atoms with E-state index in [4.69, 9.17) is 9.84 Å². The second-order valence-electron chi connectivity index (χ2n) is 3.56. The van der Waals surface area contributed by atoms with Gasteiger partial charge in [0, 0.05) is 18.3 Å². The zero-order chi connectivity index (χ0) is 12.0. The number of benzene rings is 1. The second kappa shape index (κ2) is 6.12. The van der Waals surface area contributed by atoms with Crippen LogP contribution in [0.25, 0.3) is 0 Å². The lowest BCUT2D eigenvalue weighted by molar-refractivity contribution is 0.0697. The van der Waals surface area contributed by atoms with Gasteiger partial charge in [0.25, 0.3) is 0 Å². The van der Waals surface area contributed by atoms with E-state index < -0.39 is 5.97 Å². The number of hydrogen-bond donors (Lipinski definition) is 2. The summed E-state index contributed by atoms with van der Waals surface area (Å²) in [6, 6.07) is 6.94. The molecule has 0 spiro atoms. The number of aromatic carboxylic acids is 1. The molecule has 0 aromatic heterocycles. The largest absolute Gasteiger partial charge is 0.478 e. The van der Waals surface area contributed by atoms with Gasteiger partial charge in [-0.25, -0.2) is 4.79 Å². The summed E-state index contributed by atoms with van der Waals surface area (Å²) in [4.78, 5) is 10.9. The van der Waals surface area contributed by atoms with Gasteiger partial charge in [0.05, 0.1) is 12.2 Å². The van der Waals surface area contributed by atoms with Crippen LogP contribution in [0.3, 0.4) is 0 Å². The number of ether oxygens (including phenoxy) is 1. The van der Waals surface area contributed by atoms with E-state index in [1.54, 1.807) is 18.2 Å². The highest BCUT2D eigenvalue weighted by molar-refractivity contribution is 5.94. The van der Waals surface area contributed by atoms with Crippen molar-refractivity contribution < 1.29 is 14.6 Å². The van der Waals surface area contributed by atoms with Gasteiger partial charge in [-0.1, -0.05) is 12.1 Å². The molecule has 88 valence electrons. The van der Waals surface area contributed by atoms with Gasteiger partial charge in [-0.2, -0.15) is 0 Å². The Hall–Kier alpha value is -1.55. The summed E-state index contributed by atoms with van der Waals surface area (Å²) >= 11 is 0. The predicted molar refractivity (Wildman–Crippen MR) is 63.0 cm³/mol. The Morgan fingerprint density at radius 3 is 2.81 bits per heavy atom. The van der Waals surface area contributed by atoms with E-state index in [1.807, 2.05) is 19.9 Å². The summed E-state index contributed by atoms with van der Waals surface area (Å²) in [5.74, 6) is -0.924. The summed E-state index contributed by atoms with van der Waals surface area (Å²) in [7, 11) is 0. The number of carbonyl (C=O) groups is 1. The molecule has 0 fully saturated rings. The molecule has 1 aromatic rings. The molecular formula is C12H17NO3. The van der Waals surface area contributed by atoms with Crippen molar-refractivity contribution >= 4 is 11.7 Å². The lowest BCUT2D eigenvalue weighted by Gasteiger charge is -2.16. The average Bonchev–Trinajstić information content (AvgIpc) is 2.27. The van der Waals surface area contributed by atoms with E-state index in [-0.39, 0.29) is 11.6 Å². The van der Waals surface area contributed by atoms with Crippen molar-refractivity contribution in [1.29, 1.82) is 0 Å². The number of para-hydroxylation sites is 1. The van der Waals surface area contributed by atoms with Crippen molar-refractivity contribution in [2.45, 2.75) is 19.9 Å². The van der Waals surface area contributed by atoms with Crippen LogP contribution in [-0.4, -0.2) is 30.3 Å². The first-order valence-electron chi connectivity index (χ1n) is 5.31. The summed E-state index contributed by atoms with van der Waals surface area (Å²) in [6.07, 6.45) is 0. The van der Waals surface area contributed by atoms with Crippen LogP contribution in [0.5, 0.6) is 0 Å². The maximum Gasteiger partial charge on any atom is 0.337 e. The van der Waals surface area contributed by atoms with Gasteiger partial charge in [0.1, 0.15) is 0 Å². The fourth-order valence-corrected chi connectivity index (χ4v) is 1.40. The highest BCUT2D eigenvalue weighted by Crippen LogP contribution is 2.15. The first-order chi connectivity index (χ1) is 7.65. The van der Waals surface area contributed by atoms with Crippen molar-refractivity contribution in [3.63, 3.8) is 0 Å². The molecule has 0 bridgehead atoms. The summed E-state index contributed by atoms with van der Waals surface area (Å²) < 4.78 is 5.26. The van der Waals surface area contributed by atoms with Crippen molar-refractivity contribution in [2.75, 3.05) is 18.5 Å². The van der Waals surface area contributed by atoms with Crippen LogP contribution in [0, 0.1) is 0 Å². The van der Waals surface area contributed by atoms with Gasteiger partial charge in [0.2, 0.25) is 0 Å². The quantitative estimate of drug-likeness (QED) is 0.776. The van der Waals surface area contributed by atoms with E-state index in [1.165, 1.54) is 0 Å². The molecule has 1 rings (SSSR count). The molecule has 0 aliphatic heterocycles. The molecule has 0 saturated carbocycles. The zero-order valence-corrected chi connectivity index (χ0v) is 9.56. The van der Waals surface area contributed by atoms with E-state index >= 15 is 0 Å². The minimum absolute atomic E-state index is 0.0837. The molecule has 0 heterocycles. The minimum atomic E-state index is -0.924. The third kappa shape index (κ3) is 3.55. The molecule has 1 atom stereocenters. The lowest BCUT2D eigenvalue weighted by atomic mass is 10.1. The van der Waals surface area contributed by atoms with E-state index in [0.717, 1.165) is 0 Å². The van der Waals surface area contributed by atoms with Crippen molar-refractivity contribution in [2.24, 2.45) is 0 Å². The number of anilines is 1. The van der Waals surface area contributed by atoms with Gasteiger partial charge in [-0.3, -0.25) is 0 Å².